The predicted octanol–water partition coefficient (Wildman–Crippen LogP) is 1.53. The van der Waals surface area contributed by atoms with Crippen LogP contribution in [0, 0.1) is 0 Å². The molecule has 1 N–H and O–H groups in total. The summed E-state index contributed by atoms with van der Waals surface area (Å²) in [5, 5.41) is 3.49. The van der Waals surface area contributed by atoms with E-state index in [1.165, 1.54) is 23.7 Å². The first kappa shape index (κ1) is 12.6. The number of rotatable bonds is 0. The number of halogens is 1. The van der Waals surface area contributed by atoms with Crippen molar-refractivity contribution < 1.29 is 0 Å². The molecule has 2 atom stereocenters. The first-order valence-corrected chi connectivity index (χ1v) is 6.44. The number of piperidine rings is 1. The number of hydrogen-bond acceptors (Lipinski definition) is 3. The molecule has 19 heavy (non-hydrogen) atoms. The highest BCUT2D eigenvalue weighted by Crippen LogP contribution is 2.44. The number of hydrogen-bond donors (Lipinski definition) is 1. The lowest BCUT2D eigenvalue weighted by atomic mass is 9.98. The second kappa shape index (κ2) is 4.32. The molecule has 100 valence electrons. The van der Waals surface area contributed by atoms with Gasteiger partial charge in [0, 0.05) is 20.1 Å². The number of aryl methyl sites for hydroxylation is 1. The molecule has 5 heteroatoms. The summed E-state index contributed by atoms with van der Waals surface area (Å²) in [6.07, 6.45) is 2.65. The van der Waals surface area contributed by atoms with Crippen LogP contribution in [0.2, 0.25) is 0 Å². The molecule has 1 aromatic heterocycles. The summed E-state index contributed by atoms with van der Waals surface area (Å²) >= 11 is 0. The molecular formula is C14H16ClN3O. The molecule has 1 aliphatic carbocycles. The van der Waals surface area contributed by atoms with E-state index in [2.05, 4.69) is 22.4 Å². The quantitative estimate of drug-likeness (QED) is 0.794. The summed E-state index contributed by atoms with van der Waals surface area (Å²) in [6.45, 7) is 2.13. The third-order valence-electron chi connectivity index (χ3n) is 4.42. The summed E-state index contributed by atoms with van der Waals surface area (Å²) in [4.78, 5) is 15.9. The molecule has 2 heterocycles. The zero-order valence-electron chi connectivity index (χ0n) is 10.7. The molecule has 2 unspecified atom stereocenters. The molecule has 0 amide bonds. The maximum Gasteiger partial charge on any atom is 0.269 e. The Morgan fingerprint density at radius 2 is 1.95 bits per heavy atom. The van der Waals surface area contributed by atoms with Crippen LogP contribution >= 0.6 is 12.4 Å². The second-order valence-corrected chi connectivity index (χ2v) is 5.41. The SMILES string of the molecule is Cl.Cn1c(=O)cnc2cc3c(cc21)C1CNCC3C1. The first-order chi connectivity index (χ1) is 8.74. The van der Waals surface area contributed by atoms with Gasteiger partial charge in [0.15, 0.2) is 0 Å². The van der Waals surface area contributed by atoms with E-state index in [1.54, 1.807) is 4.57 Å². The van der Waals surface area contributed by atoms with Gasteiger partial charge in [0.2, 0.25) is 0 Å². The largest absolute Gasteiger partial charge is 0.316 e. The maximum absolute atomic E-state index is 11.6. The topological polar surface area (TPSA) is 46.9 Å². The van der Waals surface area contributed by atoms with Crippen molar-refractivity contribution in [2.45, 2.75) is 18.3 Å². The van der Waals surface area contributed by atoms with Gasteiger partial charge < -0.3 is 9.88 Å². The van der Waals surface area contributed by atoms with Crippen molar-refractivity contribution in [2.24, 2.45) is 7.05 Å². The maximum atomic E-state index is 11.6. The lowest BCUT2D eigenvalue weighted by Gasteiger charge is -2.19. The summed E-state index contributed by atoms with van der Waals surface area (Å²) in [5.74, 6) is 1.24. The van der Waals surface area contributed by atoms with E-state index in [1.807, 2.05) is 7.05 Å². The van der Waals surface area contributed by atoms with E-state index in [9.17, 15) is 4.79 Å². The molecule has 2 aromatic rings. The average Bonchev–Trinajstić information content (AvgIpc) is 2.64. The van der Waals surface area contributed by atoms with Crippen LogP contribution in [0.25, 0.3) is 11.0 Å². The van der Waals surface area contributed by atoms with Gasteiger partial charge in [0.05, 0.1) is 17.2 Å². The molecule has 0 spiro atoms. The molecule has 1 fully saturated rings. The van der Waals surface area contributed by atoms with Crippen LogP contribution in [0.5, 0.6) is 0 Å². The van der Waals surface area contributed by atoms with Crippen LogP contribution in [-0.4, -0.2) is 22.6 Å². The minimum atomic E-state index is -0.0402. The summed E-state index contributed by atoms with van der Waals surface area (Å²) < 4.78 is 1.69. The highest BCUT2D eigenvalue weighted by Gasteiger charge is 2.34. The number of aromatic nitrogens is 2. The molecular weight excluding hydrogens is 262 g/mol. The van der Waals surface area contributed by atoms with Crippen LogP contribution in [0.4, 0.5) is 0 Å². The molecule has 1 aromatic carbocycles. The van der Waals surface area contributed by atoms with Crippen molar-refractivity contribution in [2.75, 3.05) is 13.1 Å². The van der Waals surface area contributed by atoms with Gasteiger partial charge in [-0.3, -0.25) is 4.79 Å². The third-order valence-corrected chi connectivity index (χ3v) is 4.42. The standard InChI is InChI=1S/C14H15N3O.ClH/c1-17-13-4-11-9-2-8(5-15-6-9)10(11)3-12(13)16-7-14(17)18;/h3-4,7-9,15H,2,5-6H2,1H3;1H. The summed E-state index contributed by atoms with van der Waals surface area (Å²) in [6, 6.07) is 4.36. The monoisotopic (exact) mass is 277 g/mol. The Balaban J connectivity index is 0.00000110. The number of nitrogens with zero attached hydrogens (tertiary/aromatic N) is 2. The normalized spacial score (nSPS) is 24.1. The number of benzene rings is 1. The van der Waals surface area contributed by atoms with Crippen LogP contribution in [0.15, 0.2) is 23.1 Å². The Labute approximate surface area is 117 Å². The zero-order valence-corrected chi connectivity index (χ0v) is 11.5. The minimum absolute atomic E-state index is 0. The van der Waals surface area contributed by atoms with Crippen molar-refractivity contribution in [1.82, 2.24) is 14.9 Å². The lowest BCUT2D eigenvalue weighted by molar-refractivity contribution is 0.454. The third kappa shape index (κ3) is 1.70. The van der Waals surface area contributed by atoms with Gasteiger partial charge in [0.1, 0.15) is 0 Å². The predicted molar refractivity (Wildman–Crippen MR) is 77.2 cm³/mol. The van der Waals surface area contributed by atoms with Crippen LogP contribution < -0.4 is 10.9 Å². The van der Waals surface area contributed by atoms with Gasteiger partial charge in [-0.1, -0.05) is 0 Å². The minimum Gasteiger partial charge on any atom is -0.316 e. The number of nitrogens with one attached hydrogen (secondary N) is 1. The number of fused-ring (bicyclic) bond motifs is 6. The molecule has 4 nitrogen and oxygen atoms in total. The van der Waals surface area contributed by atoms with Gasteiger partial charge in [-0.05, 0) is 41.5 Å². The van der Waals surface area contributed by atoms with Gasteiger partial charge in [-0.2, -0.15) is 0 Å². The highest BCUT2D eigenvalue weighted by atomic mass is 35.5. The van der Waals surface area contributed by atoms with Gasteiger partial charge in [-0.25, -0.2) is 4.98 Å². The summed E-state index contributed by atoms with van der Waals surface area (Å²) in [5.41, 5.74) is 4.70. The molecule has 0 radical (unpaired) electrons. The second-order valence-electron chi connectivity index (χ2n) is 5.41. The molecule has 2 bridgehead atoms. The fourth-order valence-electron chi connectivity index (χ4n) is 3.43. The highest BCUT2D eigenvalue weighted by molar-refractivity contribution is 5.85. The molecule has 1 aliphatic heterocycles. The van der Waals surface area contributed by atoms with Crippen molar-refractivity contribution >= 4 is 23.4 Å². The molecule has 2 aliphatic rings. The Morgan fingerprint density at radius 1 is 1.26 bits per heavy atom. The van der Waals surface area contributed by atoms with Gasteiger partial charge in [-0.15, -0.1) is 12.4 Å². The zero-order chi connectivity index (χ0) is 12.3. The van der Waals surface area contributed by atoms with Crippen LogP contribution in [-0.2, 0) is 7.05 Å². The summed E-state index contributed by atoms with van der Waals surface area (Å²) in [7, 11) is 1.82. The first-order valence-electron chi connectivity index (χ1n) is 6.44. The van der Waals surface area contributed by atoms with E-state index in [-0.39, 0.29) is 18.0 Å². The Morgan fingerprint density at radius 3 is 2.68 bits per heavy atom. The average molecular weight is 278 g/mol. The fraction of sp³-hybridized carbons (Fsp3) is 0.429. The van der Waals surface area contributed by atoms with Crippen molar-refractivity contribution in [3.63, 3.8) is 0 Å². The fourth-order valence-corrected chi connectivity index (χ4v) is 3.43. The van der Waals surface area contributed by atoms with E-state index in [0.717, 1.165) is 24.1 Å². The van der Waals surface area contributed by atoms with E-state index >= 15 is 0 Å². The smallest absolute Gasteiger partial charge is 0.269 e. The Kier molecular flexibility index (Phi) is 2.87. The Bertz CT molecular complexity index is 710. The van der Waals surface area contributed by atoms with Crippen LogP contribution in [0.1, 0.15) is 29.4 Å². The van der Waals surface area contributed by atoms with Crippen molar-refractivity contribution in [1.29, 1.82) is 0 Å². The van der Waals surface area contributed by atoms with Gasteiger partial charge in [0.25, 0.3) is 5.56 Å². The van der Waals surface area contributed by atoms with Crippen molar-refractivity contribution in [3.8, 4) is 0 Å². The molecule has 4 rings (SSSR count). The molecule has 1 saturated heterocycles. The van der Waals surface area contributed by atoms with E-state index in [4.69, 9.17) is 0 Å². The Hall–Kier alpha value is -1.39. The lowest BCUT2D eigenvalue weighted by Crippen LogP contribution is -2.28. The van der Waals surface area contributed by atoms with E-state index < -0.39 is 0 Å². The van der Waals surface area contributed by atoms with E-state index in [0.29, 0.717) is 11.8 Å². The van der Waals surface area contributed by atoms with Crippen molar-refractivity contribution in [3.05, 3.63) is 39.8 Å². The van der Waals surface area contributed by atoms with Gasteiger partial charge >= 0.3 is 0 Å². The van der Waals surface area contributed by atoms with Crippen LogP contribution in [0.3, 0.4) is 0 Å². The molecule has 0 saturated carbocycles.